The Balaban J connectivity index is 1.55. The molecule has 2 bridgehead atoms. The second-order valence-electron chi connectivity index (χ2n) is 5.83. The van der Waals surface area contributed by atoms with Crippen LogP contribution in [0.15, 0.2) is 4.52 Å². The number of aryl methyl sites for hydroxylation is 1. The number of hydrogen-bond donors (Lipinski definition) is 1. The van der Waals surface area contributed by atoms with E-state index in [0.29, 0.717) is 0 Å². The molecule has 1 N–H and O–H groups in total. The Morgan fingerprint density at radius 3 is 2.63 bits per heavy atom. The summed E-state index contributed by atoms with van der Waals surface area (Å²) in [5, 5.41) is 7.47. The van der Waals surface area contributed by atoms with Crippen LogP contribution in [0.1, 0.15) is 44.3 Å². The fraction of sp³-hybridized carbons (Fsp3) is 0.857. The first-order valence-corrected chi connectivity index (χ1v) is 7.54. The van der Waals surface area contributed by atoms with Gasteiger partial charge in [-0.1, -0.05) is 12.1 Å². The van der Waals surface area contributed by atoms with Crippen LogP contribution in [0.5, 0.6) is 0 Å². The molecule has 0 amide bonds. The molecule has 1 aromatic heterocycles. The minimum absolute atomic E-state index is 0.726. The molecular weight excluding hydrogens is 240 g/mol. The number of fused-ring (bicyclic) bond motifs is 2. The van der Waals surface area contributed by atoms with Gasteiger partial charge in [0.15, 0.2) is 5.82 Å². The summed E-state index contributed by atoms with van der Waals surface area (Å²) >= 11 is 0. The van der Waals surface area contributed by atoms with E-state index in [0.717, 1.165) is 49.4 Å². The van der Waals surface area contributed by atoms with Crippen molar-refractivity contribution in [2.75, 3.05) is 13.1 Å². The number of piperidine rings is 1. The molecule has 0 saturated carbocycles. The molecular formula is C14H24N4O. The molecule has 0 aliphatic carbocycles. The van der Waals surface area contributed by atoms with Crippen LogP contribution in [0.3, 0.4) is 0 Å². The lowest BCUT2D eigenvalue weighted by molar-refractivity contribution is 0.116. The molecule has 3 heterocycles. The zero-order chi connectivity index (χ0) is 13.2. The summed E-state index contributed by atoms with van der Waals surface area (Å²) in [6, 6.07) is 2.24. The number of rotatable bonds is 5. The van der Waals surface area contributed by atoms with Gasteiger partial charge < -0.3 is 9.84 Å². The first kappa shape index (κ1) is 13.1. The van der Waals surface area contributed by atoms with Crippen molar-refractivity contribution in [2.45, 2.75) is 64.1 Å². The summed E-state index contributed by atoms with van der Waals surface area (Å²) in [6.07, 6.45) is 6.20. The molecule has 0 spiro atoms. The molecule has 19 heavy (non-hydrogen) atoms. The standard InChI is InChI=1S/C14H24N4O/c1-3-15-11-8-12-4-5-13(9-11)18(12)7-6-14-16-10(2)17-19-14/h11-13,15H,3-9H2,1-2H3. The van der Waals surface area contributed by atoms with E-state index in [1.54, 1.807) is 0 Å². The summed E-state index contributed by atoms with van der Waals surface area (Å²) in [5.41, 5.74) is 0. The molecule has 3 rings (SSSR count). The fourth-order valence-corrected chi connectivity index (χ4v) is 3.76. The largest absolute Gasteiger partial charge is 0.339 e. The lowest BCUT2D eigenvalue weighted by atomic mass is 9.97. The van der Waals surface area contributed by atoms with Gasteiger partial charge in [-0.15, -0.1) is 0 Å². The van der Waals surface area contributed by atoms with E-state index >= 15 is 0 Å². The second kappa shape index (κ2) is 5.59. The maximum Gasteiger partial charge on any atom is 0.227 e. The molecule has 2 aliphatic heterocycles. The monoisotopic (exact) mass is 264 g/mol. The highest BCUT2D eigenvalue weighted by atomic mass is 16.5. The average molecular weight is 264 g/mol. The summed E-state index contributed by atoms with van der Waals surface area (Å²) in [5.74, 6) is 1.52. The summed E-state index contributed by atoms with van der Waals surface area (Å²) in [6.45, 7) is 6.23. The topological polar surface area (TPSA) is 54.2 Å². The average Bonchev–Trinajstić information content (AvgIpc) is 2.89. The van der Waals surface area contributed by atoms with E-state index in [9.17, 15) is 0 Å². The van der Waals surface area contributed by atoms with Crippen molar-refractivity contribution < 1.29 is 4.52 Å². The number of aromatic nitrogens is 2. The molecule has 106 valence electrons. The SMILES string of the molecule is CCNC1CC2CCC(C1)N2CCc1nc(C)no1. The highest BCUT2D eigenvalue weighted by Crippen LogP contribution is 2.35. The van der Waals surface area contributed by atoms with Crippen molar-refractivity contribution in [3.63, 3.8) is 0 Å². The fourth-order valence-electron chi connectivity index (χ4n) is 3.76. The van der Waals surface area contributed by atoms with Crippen molar-refractivity contribution in [1.82, 2.24) is 20.4 Å². The Morgan fingerprint density at radius 1 is 1.32 bits per heavy atom. The number of hydrogen-bond acceptors (Lipinski definition) is 5. The first-order valence-electron chi connectivity index (χ1n) is 7.54. The zero-order valence-corrected chi connectivity index (χ0v) is 11.9. The Kier molecular flexibility index (Phi) is 3.84. The van der Waals surface area contributed by atoms with Crippen molar-refractivity contribution in [3.8, 4) is 0 Å². The van der Waals surface area contributed by atoms with Gasteiger partial charge in [-0.2, -0.15) is 4.98 Å². The summed E-state index contributed by atoms with van der Waals surface area (Å²) < 4.78 is 5.21. The number of nitrogens with zero attached hydrogens (tertiary/aromatic N) is 3. The van der Waals surface area contributed by atoms with Gasteiger partial charge in [0.2, 0.25) is 5.89 Å². The summed E-state index contributed by atoms with van der Waals surface area (Å²) in [4.78, 5) is 6.97. The predicted octanol–water partition coefficient (Wildman–Crippen LogP) is 1.53. The molecule has 0 aromatic carbocycles. The molecule has 5 nitrogen and oxygen atoms in total. The van der Waals surface area contributed by atoms with Gasteiger partial charge in [0.25, 0.3) is 0 Å². The minimum atomic E-state index is 0.726. The van der Waals surface area contributed by atoms with E-state index in [2.05, 4.69) is 27.3 Å². The smallest absolute Gasteiger partial charge is 0.227 e. The highest BCUT2D eigenvalue weighted by Gasteiger charge is 2.40. The van der Waals surface area contributed by atoms with Crippen LogP contribution in [0.4, 0.5) is 0 Å². The van der Waals surface area contributed by atoms with Gasteiger partial charge in [-0.3, -0.25) is 4.90 Å². The lowest BCUT2D eigenvalue weighted by Gasteiger charge is -2.39. The molecule has 0 radical (unpaired) electrons. The molecule has 2 saturated heterocycles. The minimum Gasteiger partial charge on any atom is -0.339 e. The second-order valence-corrected chi connectivity index (χ2v) is 5.83. The Hall–Kier alpha value is -0.940. The van der Waals surface area contributed by atoms with Gasteiger partial charge in [-0.25, -0.2) is 0 Å². The number of nitrogens with one attached hydrogen (secondary N) is 1. The molecule has 2 aliphatic rings. The summed E-state index contributed by atoms with van der Waals surface area (Å²) in [7, 11) is 0. The van der Waals surface area contributed by atoms with Crippen LogP contribution in [0.25, 0.3) is 0 Å². The van der Waals surface area contributed by atoms with Gasteiger partial charge in [0.1, 0.15) is 0 Å². The third-order valence-corrected chi connectivity index (χ3v) is 4.53. The van der Waals surface area contributed by atoms with E-state index in [4.69, 9.17) is 4.52 Å². The van der Waals surface area contributed by atoms with Crippen molar-refractivity contribution in [2.24, 2.45) is 0 Å². The van der Waals surface area contributed by atoms with E-state index < -0.39 is 0 Å². The highest BCUT2D eigenvalue weighted by molar-refractivity contribution is 4.98. The van der Waals surface area contributed by atoms with Crippen molar-refractivity contribution >= 4 is 0 Å². The molecule has 1 aromatic rings. The quantitative estimate of drug-likeness (QED) is 0.874. The van der Waals surface area contributed by atoms with Gasteiger partial charge in [0, 0.05) is 31.1 Å². The Labute approximate surface area is 114 Å². The Morgan fingerprint density at radius 2 is 2.05 bits per heavy atom. The Bertz CT molecular complexity index is 405. The maximum absolute atomic E-state index is 5.21. The zero-order valence-electron chi connectivity index (χ0n) is 11.9. The predicted molar refractivity (Wildman–Crippen MR) is 73.0 cm³/mol. The van der Waals surface area contributed by atoms with Crippen molar-refractivity contribution in [1.29, 1.82) is 0 Å². The van der Waals surface area contributed by atoms with Crippen LogP contribution in [0.2, 0.25) is 0 Å². The third-order valence-electron chi connectivity index (χ3n) is 4.53. The molecule has 2 unspecified atom stereocenters. The maximum atomic E-state index is 5.21. The van der Waals surface area contributed by atoms with Crippen LogP contribution in [0, 0.1) is 6.92 Å². The van der Waals surface area contributed by atoms with E-state index in [1.165, 1.54) is 25.7 Å². The van der Waals surface area contributed by atoms with Crippen LogP contribution in [-0.4, -0.2) is 46.3 Å². The van der Waals surface area contributed by atoms with E-state index in [1.807, 2.05) is 6.92 Å². The molecule has 5 heteroatoms. The first-order chi connectivity index (χ1) is 9.26. The van der Waals surface area contributed by atoms with Crippen LogP contribution >= 0.6 is 0 Å². The normalized spacial score (nSPS) is 30.9. The van der Waals surface area contributed by atoms with Crippen LogP contribution in [-0.2, 0) is 6.42 Å². The molecule has 2 fully saturated rings. The van der Waals surface area contributed by atoms with E-state index in [-0.39, 0.29) is 0 Å². The van der Waals surface area contributed by atoms with Gasteiger partial charge in [0.05, 0.1) is 0 Å². The van der Waals surface area contributed by atoms with Crippen molar-refractivity contribution in [3.05, 3.63) is 11.7 Å². The van der Waals surface area contributed by atoms with Gasteiger partial charge >= 0.3 is 0 Å². The third kappa shape index (κ3) is 2.82. The van der Waals surface area contributed by atoms with Gasteiger partial charge in [-0.05, 0) is 39.2 Å². The molecule has 2 atom stereocenters. The lowest BCUT2D eigenvalue weighted by Crippen LogP contribution is -2.49. The van der Waals surface area contributed by atoms with Crippen LogP contribution < -0.4 is 5.32 Å².